The van der Waals surface area contributed by atoms with Crippen LogP contribution >= 0.6 is 0 Å². The predicted molar refractivity (Wildman–Crippen MR) is 92.7 cm³/mol. The minimum absolute atomic E-state index is 0.0270. The van der Waals surface area contributed by atoms with E-state index in [9.17, 15) is 9.59 Å². The van der Waals surface area contributed by atoms with Gasteiger partial charge in [-0.2, -0.15) is 0 Å². The number of carbonyl (C=O) groups is 2. The third-order valence-corrected chi connectivity index (χ3v) is 3.54. The molecule has 0 aliphatic rings. The highest BCUT2D eigenvalue weighted by atomic mass is 16.5. The van der Waals surface area contributed by atoms with Crippen molar-refractivity contribution in [1.29, 1.82) is 0 Å². The molecular formula is C19H22N2O3. The topological polar surface area (TPSA) is 67.4 Å². The van der Waals surface area contributed by atoms with Gasteiger partial charge >= 0.3 is 0 Å². The third-order valence-electron chi connectivity index (χ3n) is 3.54. The number of aryl methyl sites for hydroxylation is 1. The lowest BCUT2D eigenvalue weighted by molar-refractivity contribution is -0.125. The Bertz CT molecular complexity index is 696. The molecule has 0 saturated carbocycles. The van der Waals surface area contributed by atoms with Crippen molar-refractivity contribution in [3.8, 4) is 5.75 Å². The number of nitrogens with one attached hydrogen (secondary N) is 2. The molecule has 0 aliphatic carbocycles. The van der Waals surface area contributed by atoms with E-state index in [4.69, 9.17) is 4.74 Å². The van der Waals surface area contributed by atoms with Crippen molar-refractivity contribution in [2.75, 3.05) is 13.7 Å². The molecule has 0 spiro atoms. The van der Waals surface area contributed by atoms with Crippen molar-refractivity contribution in [2.24, 2.45) is 0 Å². The van der Waals surface area contributed by atoms with E-state index in [0.29, 0.717) is 6.54 Å². The van der Waals surface area contributed by atoms with Crippen molar-refractivity contribution in [2.45, 2.75) is 19.9 Å². The minimum Gasteiger partial charge on any atom is -0.497 e. The normalized spacial score (nSPS) is 10.1. The van der Waals surface area contributed by atoms with Crippen LogP contribution in [-0.4, -0.2) is 25.5 Å². The Morgan fingerprint density at radius 1 is 0.958 bits per heavy atom. The number of benzene rings is 2. The van der Waals surface area contributed by atoms with Crippen LogP contribution in [0.1, 0.15) is 16.7 Å². The first-order chi connectivity index (χ1) is 11.6. The molecule has 0 fully saturated rings. The Hall–Kier alpha value is -2.82. The van der Waals surface area contributed by atoms with E-state index in [-0.39, 0.29) is 24.8 Å². The largest absolute Gasteiger partial charge is 0.497 e. The van der Waals surface area contributed by atoms with Gasteiger partial charge in [-0.15, -0.1) is 0 Å². The maximum absolute atomic E-state index is 11.9. The first kappa shape index (κ1) is 17.5. The van der Waals surface area contributed by atoms with Gasteiger partial charge in [0.25, 0.3) is 0 Å². The summed E-state index contributed by atoms with van der Waals surface area (Å²) in [5.41, 5.74) is 3.05. The first-order valence-corrected chi connectivity index (χ1v) is 7.78. The summed E-state index contributed by atoms with van der Waals surface area (Å²) < 4.78 is 5.07. The fraction of sp³-hybridized carbons (Fsp3) is 0.263. The van der Waals surface area contributed by atoms with Crippen LogP contribution in [-0.2, 0) is 22.6 Å². The number of amides is 2. The van der Waals surface area contributed by atoms with Crippen molar-refractivity contribution in [1.82, 2.24) is 10.6 Å². The average molecular weight is 326 g/mol. The Labute approximate surface area is 142 Å². The van der Waals surface area contributed by atoms with Crippen LogP contribution in [0.4, 0.5) is 0 Å². The second-order valence-corrected chi connectivity index (χ2v) is 5.57. The Balaban J connectivity index is 1.71. The van der Waals surface area contributed by atoms with Crippen LogP contribution < -0.4 is 15.4 Å². The molecule has 0 atom stereocenters. The molecule has 0 aliphatic heterocycles. The lowest BCUT2D eigenvalue weighted by Gasteiger charge is -2.08. The summed E-state index contributed by atoms with van der Waals surface area (Å²) in [6.45, 7) is 2.43. The van der Waals surface area contributed by atoms with Crippen molar-refractivity contribution >= 4 is 11.8 Å². The van der Waals surface area contributed by atoms with Gasteiger partial charge in [-0.05, 0) is 30.2 Å². The molecule has 0 radical (unpaired) electrons. The van der Waals surface area contributed by atoms with Gasteiger partial charge in [0, 0.05) is 6.54 Å². The first-order valence-electron chi connectivity index (χ1n) is 7.78. The number of methoxy groups -OCH3 is 1. The van der Waals surface area contributed by atoms with Crippen LogP contribution in [0, 0.1) is 6.92 Å². The van der Waals surface area contributed by atoms with Crippen LogP contribution in [0.3, 0.4) is 0 Å². The highest BCUT2D eigenvalue weighted by Crippen LogP contribution is 2.11. The second kappa shape index (κ2) is 8.72. The molecule has 126 valence electrons. The quantitative estimate of drug-likeness (QED) is 0.817. The highest BCUT2D eigenvalue weighted by Gasteiger charge is 2.07. The average Bonchev–Trinajstić information content (AvgIpc) is 2.59. The maximum Gasteiger partial charge on any atom is 0.239 e. The molecule has 5 nitrogen and oxygen atoms in total. The minimum atomic E-state index is -0.209. The van der Waals surface area contributed by atoms with E-state index < -0.39 is 0 Å². The van der Waals surface area contributed by atoms with Crippen molar-refractivity contribution in [3.05, 3.63) is 65.2 Å². The van der Waals surface area contributed by atoms with Gasteiger partial charge in [-0.3, -0.25) is 9.59 Å². The molecule has 0 heterocycles. The Morgan fingerprint density at radius 2 is 1.71 bits per heavy atom. The second-order valence-electron chi connectivity index (χ2n) is 5.57. The summed E-state index contributed by atoms with van der Waals surface area (Å²) in [6, 6.07) is 15.2. The lowest BCUT2D eigenvalue weighted by atomic mass is 10.1. The highest BCUT2D eigenvalue weighted by molar-refractivity contribution is 5.85. The predicted octanol–water partition coefficient (Wildman–Crippen LogP) is 1.98. The summed E-state index contributed by atoms with van der Waals surface area (Å²) in [4.78, 5) is 23.7. The molecule has 2 rings (SSSR count). The Kier molecular flexibility index (Phi) is 6.37. The summed E-state index contributed by atoms with van der Waals surface area (Å²) in [6.07, 6.45) is 0.231. The van der Waals surface area contributed by atoms with Gasteiger partial charge in [0.2, 0.25) is 11.8 Å². The van der Waals surface area contributed by atoms with Crippen molar-refractivity contribution in [3.63, 3.8) is 0 Å². The fourth-order valence-corrected chi connectivity index (χ4v) is 2.26. The van der Waals surface area contributed by atoms with Gasteiger partial charge in [0.15, 0.2) is 0 Å². The maximum atomic E-state index is 11.9. The zero-order chi connectivity index (χ0) is 17.4. The zero-order valence-corrected chi connectivity index (χ0v) is 14.0. The molecule has 0 saturated heterocycles. The fourth-order valence-electron chi connectivity index (χ4n) is 2.26. The van der Waals surface area contributed by atoms with E-state index in [1.165, 1.54) is 0 Å². The van der Waals surface area contributed by atoms with Crippen LogP contribution in [0.5, 0.6) is 5.75 Å². The molecule has 2 N–H and O–H groups in total. The van der Waals surface area contributed by atoms with Crippen LogP contribution in [0.25, 0.3) is 0 Å². The van der Waals surface area contributed by atoms with Gasteiger partial charge in [-0.1, -0.05) is 42.0 Å². The van der Waals surface area contributed by atoms with E-state index in [1.54, 1.807) is 19.2 Å². The third kappa shape index (κ3) is 5.76. The van der Waals surface area contributed by atoms with Gasteiger partial charge in [0.05, 0.1) is 20.1 Å². The molecule has 0 unspecified atom stereocenters. The molecule has 0 bridgehead atoms. The van der Waals surface area contributed by atoms with Gasteiger partial charge < -0.3 is 15.4 Å². The molecule has 5 heteroatoms. The lowest BCUT2D eigenvalue weighted by Crippen LogP contribution is -2.37. The molecule has 2 amide bonds. The van der Waals surface area contributed by atoms with Gasteiger partial charge in [0.1, 0.15) is 5.75 Å². The van der Waals surface area contributed by atoms with E-state index in [2.05, 4.69) is 10.6 Å². The number of hydrogen-bond acceptors (Lipinski definition) is 3. The summed E-state index contributed by atoms with van der Waals surface area (Å²) in [5, 5.41) is 5.42. The summed E-state index contributed by atoms with van der Waals surface area (Å²) in [7, 11) is 1.59. The van der Waals surface area contributed by atoms with E-state index in [1.807, 2.05) is 43.3 Å². The van der Waals surface area contributed by atoms with E-state index in [0.717, 1.165) is 22.4 Å². The number of ether oxygens (including phenoxy) is 1. The smallest absolute Gasteiger partial charge is 0.239 e. The number of hydrogen-bond donors (Lipinski definition) is 2. The molecule has 24 heavy (non-hydrogen) atoms. The van der Waals surface area contributed by atoms with Crippen LogP contribution in [0.2, 0.25) is 0 Å². The van der Waals surface area contributed by atoms with Crippen LogP contribution in [0.15, 0.2) is 48.5 Å². The van der Waals surface area contributed by atoms with Gasteiger partial charge in [-0.25, -0.2) is 0 Å². The standard InChI is InChI=1S/C19H22N2O3/c1-14-4-3-5-16(10-14)12-20-19(23)13-21-18(22)11-15-6-8-17(24-2)9-7-15/h3-10H,11-13H2,1-2H3,(H,20,23)(H,21,22). The summed E-state index contributed by atoms with van der Waals surface area (Å²) in [5.74, 6) is 0.347. The number of rotatable bonds is 7. The van der Waals surface area contributed by atoms with E-state index >= 15 is 0 Å². The molecule has 2 aromatic rings. The Morgan fingerprint density at radius 3 is 2.38 bits per heavy atom. The zero-order valence-electron chi connectivity index (χ0n) is 14.0. The SMILES string of the molecule is COc1ccc(CC(=O)NCC(=O)NCc2cccc(C)c2)cc1. The molecule has 2 aromatic carbocycles. The molecular weight excluding hydrogens is 304 g/mol. The summed E-state index contributed by atoms with van der Waals surface area (Å²) >= 11 is 0. The number of carbonyl (C=O) groups excluding carboxylic acids is 2. The van der Waals surface area contributed by atoms with Crippen molar-refractivity contribution < 1.29 is 14.3 Å². The molecule has 0 aromatic heterocycles. The monoisotopic (exact) mass is 326 g/mol.